The monoisotopic (exact) mass is 414 g/mol. The number of para-hydroxylation sites is 2. The normalized spacial score (nSPS) is 14.1. The minimum absolute atomic E-state index is 0.0396. The molecule has 0 bridgehead atoms. The van der Waals surface area contributed by atoms with Gasteiger partial charge in [-0.25, -0.2) is 18.1 Å². The summed E-state index contributed by atoms with van der Waals surface area (Å²) >= 11 is 0. The fourth-order valence-corrected chi connectivity index (χ4v) is 4.63. The second-order valence-electron chi connectivity index (χ2n) is 7.02. The molecule has 1 amide bonds. The van der Waals surface area contributed by atoms with Gasteiger partial charge in [0.25, 0.3) is 5.91 Å². The maximum atomic E-state index is 12.7. The van der Waals surface area contributed by atoms with Crippen LogP contribution < -0.4 is 14.8 Å². The average Bonchev–Trinajstić information content (AvgIpc) is 3.47. The Hall–Kier alpha value is -2.91. The molecule has 0 radical (unpaired) electrons. The van der Waals surface area contributed by atoms with Crippen molar-refractivity contribution in [3.8, 4) is 5.75 Å². The highest BCUT2D eigenvalue weighted by Gasteiger charge is 2.30. The Bertz CT molecular complexity index is 1180. The van der Waals surface area contributed by atoms with Crippen molar-refractivity contribution >= 4 is 27.0 Å². The van der Waals surface area contributed by atoms with E-state index in [1.807, 2.05) is 35.9 Å². The van der Waals surface area contributed by atoms with E-state index in [9.17, 15) is 13.2 Å². The zero-order chi connectivity index (χ0) is 20.6. The van der Waals surface area contributed by atoms with Crippen LogP contribution in [-0.2, 0) is 23.6 Å². The molecule has 9 heteroatoms. The van der Waals surface area contributed by atoms with Crippen LogP contribution in [-0.4, -0.2) is 37.0 Å². The van der Waals surface area contributed by atoms with E-state index in [4.69, 9.17) is 4.74 Å². The summed E-state index contributed by atoms with van der Waals surface area (Å²) in [4.78, 5) is 17.1. The highest BCUT2D eigenvalue weighted by atomic mass is 32.2. The number of nitrogens with one attached hydrogen (secondary N) is 2. The maximum absolute atomic E-state index is 12.7. The van der Waals surface area contributed by atoms with Gasteiger partial charge in [0.2, 0.25) is 10.0 Å². The standard InChI is InChI=1S/C20H22N4O4S/c1-24-16-6-4-3-5-15(16)22-19(24)12-21-20(25)13-7-10-17(28-2)18(11-13)29(26,27)23-14-8-9-14/h3-7,10-11,14,23H,8-9,12H2,1-2H3,(H,21,25). The smallest absolute Gasteiger partial charge is 0.251 e. The first-order chi connectivity index (χ1) is 13.9. The summed E-state index contributed by atoms with van der Waals surface area (Å²) < 4.78 is 35.0. The van der Waals surface area contributed by atoms with E-state index >= 15 is 0 Å². The van der Waals surface area contributed by atoms with Gasteiger partial charge in [0.15, 0.2) is 0 Å². The summed E-state index contributed by atoms with van der Waals surface area (Å²) in [5.41, 5.74) is 2.06. The Morgan fingerprint density at radius 1 is 1.24 bits per heavy atom. The quantitative estimate of drug-likeness (QED) is 0.615. The molecule has 1 saturated carbocycles. The molecule has 0 unspecified atom stereocenters. The molecule has 0 spiro atoms. The molecule has 1 fully saturated rings. The van der Waals surface area contributed by atoms with Crippen LogP contribution in [0.3, 0.4) is 0 Å². The molecule has 2 aromatic carbocycles. The lowest BCUT2D eigenvalue weighted by Gasteiger charge is -2.12. The number of rotatable bonds is 7. The van der Waals surface area contributed by atoms with Crippen molar-refractivity contribution in [3.63, 3.8) is 0 Å². The number of ether oxygens (including phenoxy) is 1. The molecule has 0 aliphatic heterocycles. The molecule has 1 aromatic heterocycles. The minimum Gasteiger partial charge on any atom is -0.495 e. The van der Waals surface area contributed by atoms with Gasteiger partial charge in [-0.05, 0) is 43.2 Å². The highest BCUT2D eigenvalue weighted by molar-refractivity contribution is 7.89. The van der Waals surface area contributed by atoms with Gasteiger partial charge in [-0.2, -0.15) is 0 Å². The average molecular weight is 414 g/mol. The molecule has 0 atom stereocenters. The zero-order valence-electron chi connectivity index (χ0n) is 16.2. The molecule has 152 valence electrons. The third-order valence-corrected chi connectivity index (χ3v) is 6.44. The molecule has 1 aliphatic carbocycles. The molecule has 1 aliphatic rings. The fourth-order valence-electron chi connectivity index (χ4n) is 3.13. The first-order valence-electron chi connectivity index (χ1n) is 9.28. The summed E-state index contributed by atoms with van der Waals surface area (Å²) in [7, 11) is -0.471. The van der Waals surface area contributed by atoms with Crippen molar-refractivity contribution in [1.82, 2.24) is 19.6 Å². The van der Waals surface area contributed by atoms with E-state index in [0.29, 0.717) is 5.82 Å². The third-order valence-electron chi connectivity index (χ3n) is 4.90. The van der Waals surface area contributed by atoms with Gasteiger partial charge in [0.05, 0.1) is 24.7 Å². The fraction of sp³-hybridized carbons (Fsp3) is 0.300. The minimum atomic E-state index is -3.76. The number of benzene rings is 2. The topological polar surface area (TPSA) is 102 Å². The Morgan fingerprint density at radius 2 is 2.00 bits per heavy atom. The summed E-state index contributed by atoms with van der Waals surface area (Å²) in [5.74, 6) is 0.518. The molecule has 3 aromatic rings. The number of imidazole rings is 1. The number of hydrogen-bond acceptors (Lipinski definition) is 5. The molecule has 2 N–H and O–H groups in total. The zero-order valence-corrected chi connectivity index (χ0v) is 17.0. The molecular formula is C20H22N4O4S. The third kappa shape index (κ3) is 3.96. The number of nitrogens with zero attached hydrogens (tertiary/aromatic N) is 2. The van der Waals surface area contributed by atoms with Crippen molar-refractivity contribution < 1.29 is 17.9 Å². The maximum Gasteiger partial charge on any atom is 0.251 e. The first-order valence-corrected chi connectivity index (χ1v) is 10.8. The van der Waals surface area contributed by atoms with E-state index in [1.165, 1.54) is 19.2 Å². The Labute approximate surface area is 168 Å². The second kappa shape index (κ2) is 7.49. The van der Waals surface area contributed by atoms with Crippen LogP contribution in [0.25, 0.3) is 11.0 Å². The van der Waals surface area contributed by atoms with Gasteiger partial charge in [0.1, 0.15) is 16.5 Å². The van der Waals surface area contributed by atoms with Crippen molar-refractivity contribution in [2.24, 2.45) is 7.05 Å². The number of aromatic nitrogens is 2. The number of hydrogen-bond donors (Lipinski definition) is 2. The molecular weight excluding hydrogens is 392 g/mol. The van der Waals surface area contributed by atoms with Crippen molar-refractivity contribution in [1.29, 1.82) is 0 Å². The van der Waals surface area contributed by atoms with Gasteiger partial charge in [0, 0.05) is 18.7 Å². The van der Waals surface area contributed by atoms with E-state index < -0.39 is 10.0 Å². The molecule has 1 heterocycles. The molecule has 4 rings (SSSR count). The van der Waals surface area contributed by atoms with Gasteiger partial charge < -0.3 is 14.6 Å². The summed E-state index contributed by atoms with van der Waals surface area (Å²) in [6.07, 6.45) is 1.64. The van der Waals surface area contributed by atoms with Crippen molar-refractivity contribution in [2.45, 2.75) is 30.3 Å². The molecule has 29 heavy (non-hydrogen) atoms. The Morgan fingerprint density at radius 3 is 2.69 bits per heavy atom. The van der Waals surface area contributed by atoms with Crippen LogP contribution in [0.2, 0.25) is 0 Å². The van der Waals surface area contributed by atoms with Gasteiger partial charge >= 0.3 is 0 Å². The summed E-state index contributed by atoms with van der Waals surface area (Å²) in [6, 6.07) is 12.0. The number of carbonyl (C=O) groups is 1. The SMILES string of the molecule is COc1ccc(C(=O)NCc2nc3ccccc3n2C)cc1S(=O)(=O)NC1CC1. The number of amides is 1. The van der Waals surface area contributed by atoms with Crippen LogP contribution in [0.1, 0.15) is 29.0 Å². The second-order valence-corrected chi connectivity index (χ2v) is 8.70. The van der Waals surface area contributed by atoms with E-state index in [-0.39, 0.29) is 34.7 Å². The largest absolute Gasteiger partial charge is 0.495 e. The van der Waals surface area contributed by atoms with Crippen LogP contribution in [0.15, 0.2) is 47.4 Å². The predicted octanol–water partition coefficient (Wildman–Crippen LogP) is 1.95. The first kappa shape index (κ1) is 19.4. The van der Waals surface area contributed by atoms with Gasteiger partial charge in [-0.3, -0.25) is 4.79 Å². The van der Waals surface area contributed by atoms with Gasteiger partial charge in [-0.1, -0.05) is 12.1 Å². The lowest BCUT2D eigenvalue weighted by molar-refractivity contribution is 0.0949. The van der Waals surface area contributed by atoms with Crippen LogP contribution in [0.4, 0.5) is 0 Å². The van der Waals surface area contributed by atoms with E-state index in [2.05, 4.69) is 15.0 Å². The number of methoxy groups -OCH3 is 1. The van der Waals surface area contributed by atoms with Crippen molar-refractivity contribution in [3.05, 3.63) is 53.9 Å². The van der Waals surface area contributed by atoms with E-state index in [1.54, 1.807) is 6.07 Å². The van der Waals surface area contributed by atoms with Gasteiger partial charge in [-0.15, -0.1) is 0 Å². The molecule has 0 saturated heterocycles. The van der Waals surface area contributed by atoms with Crippen LogP contribution in [0, 0.1) is 0 Å². The van der Waals surface area contributed by atoms with Crippen LogP contribution in [0.5, 0.6) is 5.75 Å². The number of fused-ring (bicyclic) bond motifs is 1. The lowest BCUT2D eigenvalue weighted by Crippen LogP contribution is -2.27. The summed E-state index contributed by atoms with van der Waals surface area (Å²) in [6.45, 7) is 0.221. The molecule has 8 nitrogen and oxygen atoms in total. The van der Waals surface area contributed by atoms with Crippen molar-refractivity contribution in [2.75, 3.05) is 7.11 Å². The number of aryl methyl sites for hydroxylation is 1. The number of carbonyl (C=O) groups excluding carboxylic acids is 1. The highest BCUT2D eigenvalue weighted by Crippen LogP contribution is 2.28. The predicted molar refractivity (Wildman–Crippen MR) is 108 cm³/mol. The van der Waals surface area contributed by atoms with E-state index in [0.717, 1.165) is 23.9 Å². The summed E-state index contributed by atoms with van der Waals surface area (Å²) in [5, 5.41) is 2.81. The Kier molecular flexibility index (Phi) is 5.01. The lowest BCUT2D eigenvalue weighted by atomic mass is 10.2. The Balaban J connectivity index is 1.55. The van der Waals surface area contributed by atoms with Crippen LogP contribution >= 0.6 is 0 Å². The number of sulfonamides is 1.